The van der Waals surface area contributed by atoms with Crippen molar-refractivity contribution in [1.29, 1.82) is 0 Å². The fourth-order valence-electron chi connectivity index (χ4n) is 2.88. The molecule has 1 aliphatic rings. The van der Waals surface area contributed by atoms with E-state index in [4.69, 9.17) is 0 Å². The van der Waals surface area contributed by atoms with Gasteiger partial charge in [0, 0.05) is 17.6 Å². The lowest BCUT2D eigenvalue weighted by Gasteiger charge is -2.17. The molecule has 2 N–H and O–H groups in total. The van der Waals surface area contributed by atoms with Crippen molar-refractivity contribution >= 4 is 16.8 Å². The summed E-state index contributed by atoms with van der Waals surface area (Å²) in [6, 6.07) is 8.16. The lowest BCUT2D eigenvalue weighted by atomic mass is 10.1. The molecule has 2 unspecified atom stereocenters. The molecule has 1 saturated carbocycles. The van der Waals surface area contributed by atoms with Crippen molar-refractivity contribution in [2.45, 2.75) is 32.2 Å². The molecule has 1 aliphatic carbocycles. The van der Waals surface area contributed by atoms with Crippen LogP contribution in [0.3, 0.4) is 0 Å². The summed E-state index contributed by atoms with van der Waals surface area (Å²) < 4.78 is 0. The summed E-state index contributed by atoms with van der Waals surface area (Å²) in [7, 11) is 0. The van der Waals surface area contributed by atoms with E-state index in [1.807, 2.05) is 30.5 Å². The number of hydrogen-bond donors (Lipinski definition) is 2. The third kappa shape index (κ3) is 1.90. The number of amides is 1. The molecule has 2 aromatic rings. The molecular formula is C15H18N2O. The minimum Gasteiger partial charge on any atom is -0.361 e. The minimum absolute atomic E-state index is 0.0433. The highest BCUT2D eigenvalue weighted by Crippen LogP contribution is 2.25. The number of hydrogen-bond acceptors (Lipinski definition) is 1. The average molecular weight is 242 g/mol. The van der Waals surface area contributed by atoms with Crippen LogP contribution >= 0.6 is 0 Å². The van der Waals surface area contributed by atoms with Gasteiger partial charge in [-0.3, -0.25) is 4.79 Å². The Bertz CT molecular complexity index is 573. The molecule has 0 radical (unpaired) electrons. The van der Waals surface area contributed by atoms with Crippen LogP contribution in [0.15, 0.2) is 30.5 Å². The third-order valence-corrected chi connectivity index (χ3v) is 4.01. The summed E-state index contributed by atoms with van der Waals surface area (Å²) in [5, 5.41) is 4.25. The summed E-state index contributed by atoms with van der Waals surface area (Å²) in [4.78, 5) is 15.5. The maximum absolute atomic E-state index is 12.3. The molecule has 0 spiro atoms. The van der Waals surface area contributed by atoms with Crippen molar-refractivity contribution in [2.75, 3.05) is 0 Å². The Morgan fingerprint density at radius 2 is 2.22 bits per heavy atom. The number of carbonyl (C=O) groups is 1. The van der Waals surface area contributed by atoms with Crippen LogP contribution in [0.5, 0.6) is 0 Å². The Morgan fingerprint density at radius 1 is 1.33 bits per heavy atom. The summed E-state index contributed by atoms with van der Waals surface area (Å²) in [5.74, 6) is 0.638. The zero-order valence-corrected chi connectivity index (χ0v) is 10.6. The van der Waals surface area contributed by atoms with Crippen molar-refractivity contribution in [3.05, 3.63) is 36.0 Å². The van der Waals surface area contributed by atoms with E-state index < -0.39 is 0 Å². The first-order valence-electron chi connectivity index (χ1n) is 6.62. The number of aromatic amines is 1. The second-order valence-corrected chi connectivity index (χ2v) is 5.24. The van der Waals surface area contributed by atoms with Gasteiger partial charge < -0.3 is 10.3 Å². The van der Waals surface area contributed by atoms with Crippen molar-refractivity contribution in [3.8, 4) is 0 Å². The second-order valence-electron chi connectivity index (χ2n) is 5.24. The zero-order valence-electron chi connectivity index (χ0n) is 10.6. The first-order chi connectivity index (χ1) is 8.75. The molecule has 2 atom stereocenters. The van der Waals surface area contributed by atoms with E-state index in [9.17, 15) is 4.79 Å². The standard InChI is InChI=1S/C15H18N2O/c1-10-4-2-7-13(10)17-15(18)12-6-3-5-11-8-9-16-14(11)12/h3,5-6,8-10,13,16H,2,4,7H2,1H3,(H,17,18). The molecule has 0 bridgehead atoms. The molecule has 3 heteroatoms. The summed E-state index contributed by atoms with van der Waals surface area (Å²) in [6.07, 6.45) is 5.42. The van der Waals surface area contributed by atoms with Crippen molar-refractivity contribution in [2.24, 2.45) is 5.92 Å². The molecule has 3 nitrogen and oxygen atoms in total. The van der Waals surface area contributed by atoms with Gasteiger partial charge in [-0.05, 0) is 30.9 Å². The molecule has 0 saturated heterocycles. The Balaban J connectivity index is 1.85. The van der Waals surface area contributed by atoms with Gasteiger partial charge in [-0.2, -0.15) is 0 Å². The highest BCUT2D eigenvalue weighted by Gasteiger charge is 2.25. The Labute approximate surface area is 107 Å². The van der Waals surface area contributed by atoms with Gasteiger partial charge in [-0.25, -0.2) is 0 Å². The average Bonchev–Trinajstić information content (AvgIpc) is 2.98. The number of rotatable bonds is 2. The Kier molecular flexibility index (Phi) is 2.82. The van der Waals surface area contributed by atoms with Crippen LogP contribution in [-0.2, 0) is 0 Å². The summed E-state index contributed by atoms with van der Waals surface area (Å²) in [5.41, 5.74) is 1.68. The predicted octanol–water partition coefficient (Wildman–Crippen LogP) is 3.09. The molecule has 1 aromatic carbocycles. The van der Waals surface area contributed by atoms with Gasteiger partial charge in [0.15, 0.2) is 0 Å². The van der Waals surface area contributed by atoms with Crippen LogP contribution in [0.1, 0.15) is 36.5 Å². The van der Waals surface area contributed by atoms with Crippen molar-refractivity contribution < 1.29 is 4.79 Å². The van der Waals surface area contributed by atoms with E-state index in [1.165, 1.54) is 12.8 Å². The monoisotopic (exact) mass is 242 g/mol. The summed E-state index contributed by atoms with van der Waals surface area (Å²) >= 11 is 0. The van der Waals surface area contributed by atoms with E-state index in [0.29, 0.717) is 12.0 Å². The van der Waals surface area contributed by atoms with E-state index in [2.05, 4.69) is 17.2 Å². The van der Waals surface area contributed by atoms with Crippen LogP contribution in [0.2, 0.25) is 0 Å². The number of carbonyl (C=O) groups excluding carboxylic acids is 1. The molecule has 0 aliphatic heterocycles. The van der Waals surface area contributed by atoms with Crippen LogP contribution in [0.4, 0.5) is 0 Å². The fraction of sp³-hybridized carbons (Fsp3) is 0.400. The predicted molar refractivity (Wildman–Crippen MR) is 72.6 cm³/mol. The molecule has 1 aromatic heterocycles. The van der Waals surface area contributed by atoms with Gasteiger partial charge in [-0.1, -0.05) is 25.5 Å². The first-order valence-corrected chi connectivity index (χ1v) is 6.62. The van der Waals surface area contributed by atoms with Gasteiger partial charge in [0.1, 0.15) is 0 Å². The van der Waals surface area contributed by atoms with Crippen LogP contribution in [-0.4, -0.2) is 16.9 Å². The number of para-hydroxylation sites is 1. The van der Waals surface area contributed by atoms with Crippen molar-refractivity contribution in [3.63, 3.8) is 0 Å². The normalized spacial score (nSPS) is 23.4. The van der Waals surface area contributed by atoms with Crippen LogP contribution in [0, 0.1) is 5.92 Å². The fourth-order valence-corrected chi connectivity index (χ4v) is 2.88. The lowest BCUT2D eigenvalue weighted by Crippen LogP contribution is -2.36. The van der Waals surface area contributed by atoms with Crippen LogP contribution < -0.4 is 5.32 Å². The van der Waals surface area contributed by atoms with Gasteiger partial charge in [-0.15, -0.1) is 0 Å². The Morgan fingerprint density at radius 3 is 3.00 bits per heavy atom. The van der Waals surface area contributed by atoms with Gasteiger partial charge >= 0.3 is 0 Å². The molecule has 1 heterocycles. The highest BCUT2D eigenvalue weighted by atomic mass is 16.1. The number of nitrogens with one attached hydrogen (secondary N) is 2. The van der Waals surface area contributed by atoms with Crippen LogP contribution in [0.25, 0.3) is 10.9 Å². The zero-order chi connectivity index (χ0) is 12.5. The van der Waals surface area contributed by atoms with Gasteiger partial charge in [0.2, 0.25) is 0 Å². The van der Waals surface area contributed by atoms with Gasteiger partial charge in [0.05, 0.1) is 11.1 Å². The SMILES string of the molecule is CC1CCCC1NC(=O)c1cccc2cc[nH]c12. The first kappa shape index (κ1) is 11.3. The lowest BCUT2D eigenvalue weighted by molar-refractivity contribution is 0.0931. The maximum atomic E-state index is 12.3. The molecular weight excluding hydrogens is 224 g/mol. The smallest absolute Gasteiger partial charge is 0.253 e. The topological polar surface area (TPSA) is 44.9 Å². The van der Waals surface area contributed by atoms with Gasteiger partial charge in [0.25, 0.3) is 5.91 Å². The number of fused-ring (bicyclic) bond motifs is 1. The maximum Gasteiger partial charge on any atom is 0.253 e. The summed E-state index contributed by atoms with van der Waals surface area (Å²) in [6.45, 7) is 2.22. The van der Waals surface area contributed by atoms with E-state index in [0.717, 1.165) is 22.9 Å². The number of benzene rings is 1. The second kappa shape index (κ2) is 4.48. The highest BCUT2D eigenvalue weighted by molar-refractivity contribution is 6.05. The van der Waals surface area contributed by atoms with E-state index >= 15 is 0 Å². The number of aromatic nitrogens is 1. The quantitative estimate of drug-likeness (QED) is 0.835. The number of H-pyrrole nitrogens is 1. The molecule has 18 heavy (non-hydrogen) atoms. The Hall–Kier alpha value is -1.77. The largest absolute Gasteiger partial charge is 0.361 e. The molecule has 94 valence electrons. The van der Waals surface area contributed by atoms with Crippen molar-refractivity contribution in [1.82, 2.24) is 10.3 Å². The van der Waals surface area contributed by atoms with E-state index in [-0.39, 0.29) is 5.91 Å². The van der Waals surface area contributed by atoms with E-state index in [1.54, 1.807) is 0 Å². The molecule has 3 rings (SSSR count). The molecule has 1 fully saturated rings. The minimum atomic E-state index is 0.0433. The third-order valence-electron chi connectivity index (χ3n) is 4.01. The molecule has 1 amide bonds.